The van der Waals surface area contributed by atoms with Gasteiger partial charge in [0.15, 0.2) is 0 Å². The monoisotopic (exact) mass is 562 g/mol. The van der Waals surface area contributed by atoms with Gasteiger partial charge in [-0.15, -0.1) is 0 Å². The van der Waals surface area contributed by atoms with Crippen molar-refractivity contribution in [2.24, 2.45) is 5.92 Å². The highest BCUT2D eigenvalue weighted by Crippen LogP contribution is 2.36. The Kier molecular flexibility index (Phi) is 9.49. The molecule has 1 aliphatic heterocycles. The van der Waals surface area contributed by atoms with E-state index in [1.54, 1.807) is 18.2 Å². The predicted molar refractivity (Wildman–Crippen MR) is 145 cm³/mol. The summed E-state index contributed by atoms with van der Waals surface area (Å²) in [5, 5.41) is 8.90. The van der Waals surface area contributed by atoms with Crippen molar-refractivity contribution in [1.29, 1.82) is 0 Å². The molecular formula is C28H37F3N6O3. The molecule has 2 aliphatic rings. The number of hydrogen-bond acceptors (Lipinski definition) is 7. The van der Waals surface area contributed by atoms with Crippen molar-refractivity contribution in [2.45, 2.75) is 70.1 Å². The van der Waals surface area contributed by atoms with Gasteiger partial charge in [-0.05, 0) is 69.8 Å². The number of piperidine rings is 1. The highest BCUT2D eigenvalue weighted by atomic mass is 19.4. The van der Waals surface area contributed by atoms with Gasteiger partial charge in [0.1, 0.15) is 5.75 Å². The van der Waals surface area contributed by atoms with Crippen molar-refractivity contribution in [3.8, 4) is 5.75 Å². The first-order valence-corrected chi connectivity index (χ1v) is 13.7. The number of rotatable bonds is 8. The van der Waals surface area contributed by atoms with Crippen LogP contribution >= 0.6 is 0 Å². The number of anilines is 2. The predicted octanol–water partition coefficient (Wildman–Crippen LogP) is 4.31. The minimum atomic E-state index is -4.62. The molecule has 1 aromatic carbocycles. The Morgan fingerprint density at radius 3 is 2.60 bits per heavy atom. The number of nitrogens with one attached hydrogen (secondary N) is 3. The summed E-state index contributed by atoms with van der Waals surface area (Å²) in [6.07, 6.45) is 1.36. The molecule has 2 heterocycles. The van der Waals surface area contributed by atoms with E-state index in [-0.39, 0.29) is 47.9 Å². The number of carbonyl (C=O) groups excluding carboxylic acids is 2. The fourth-order valence-corrected chi connectivity index (χ4v) is 5.63. The lowest BCUT2D eigenvalue weighted by atomic mass is 9.81. The molecule has 1 unspecified atom stereocenters. The second-order valence-electron chi connectivity index (χ2n) is 10.7. The maximum Gasteiger partial charge on any atom is 0.419 e. The van der Waals surface area contributed by atoms with Crippen LogP contribution in [0.3, 0.4) is 0 Å². The van der Waals surface area contributed by atoms with Crippen LogP contribution < -0.4 is 20.7 Å². The smallest absolute Gasteiger partial charge is 0.419 e. The molecule has 0 spiro atoms. The Morgan fingerprint density at radius 1 is 1.12 bits per heavy atom. The molecule has 1 saturated carbocycles. The molecule has 1 saturated heterocycles. The van der Waals surface area contributed by atoms with Crippen molar-refractivity contribution in [1.82, 2.24) is 25.5 Å². The van der Waals surface area contributed by atoms with Crippen molar-refractivity contribution in [3.63, 3.8) is 0 Å². The zero-order valence-corrected chi connectivity index (χ0v) is 23.1. The Bertz CT molecular complexity index is 1210. The molecule has 2 fully saturated rings. The normalized spacial score (nSPS) is 21.9. The summed E-state index contributed by atoms with van der Waals surface area (Å²) in [6.45, 7) is 3.20. The summed E-state index contributed by atoms with van der Waals surface area (Å²) in [7, 11) is 3.47. The second-order valence-corrected chi connectivity index (χ2v) is 10.7. The highest BCUT2D eigenvalue weighted by Gasteiger charge is 2.37. The number of hydrogen-bond donors (Lipinski definition) is 3. The lowest BCUT2D eigenvalue weighted by Crippen LogP contribution is -2.46. The van der Waals surface area contributed by atoms with Crippen LogP contribution in [0, 0.1) is 5.92 Å². The lowest BCUT2D eigenvalue weighted by molar-refractivity contribution is -0.139. The van der Waals surface area contributed by atoms with Crippen LogP contribution in [0.1, 0.15) is 67.1 Å². The van der Waals surface area contributed by atoms with Crippen LogP contribution in [0.25, 0.3) is 0 Å². The van der Waals surface area contributed by atoms with E-state index in [4.69, 9.17) is 4.74 Å². The summed E-state index contributed by atoms with van der Waals surface area (Å²) < 4.78 is 47.1. The van der Waals surface area contributed by atoms with E-state index in [0.717, 1.165) is 51.4 Å². The van der Waals surface area contributed by atoms with Crippen LogP contribution in [0.4, 0.5) is 24.8 Å². The van der Waals surface area contributed by atoms with Crippen LogP contribution in [0.5, 0.6) is 5.75 Å². The lowest BCUT2D eigenvalue weighted by Gasteiger charge is -2.32. The van der Waals surface area contributed by atoms with E-state index < -0.39 is 11.7 Å². The maximum absolute atomic E-state index is 13.9. The average Bonchev–Trinajstić information content (AvgIpc) is 2.89. The summed E-state index contributed by atoms with van der Waals surface area (Å²) in [5.74, 6) is -0.280. The Balaban J connectivity index is 1.54. The largest absolute Gasteiger partial charge is 0.495 e. The molecule has 4 rings (SSSR count). The van der Waals surface area contributed by atoms with Gasteiger partial charge in [-0.2, -0.15) is 13.2 Å². The van der Waals surface area contributed by atoms with E-state index in [1.165, 1.54) is 14.0 Å². The first-order valence-electron chi connectivity index (χ1n) is 13.7. The van der Waals surface area contributed by atoms with E-state index in [0.29, 0.717) is 23.4 Å². The Morgan fingerprint density at radius 2 is 1.90 bits per heavy atom. The number of benzene rings is 1. The molecule has 40 heavy (non-hydrogen) atoms. The molecule has 218 valence electrons. The molecule has 0 radical (unpaired) electrons. The van der Waals surface area contributed by atoms with E-state index in [9.17, 15) is 22.8 Å². The molecule has 3 N–H and O–H groups in total. The molecule has 3 atom stereocenters. The fraction of sp³-hybridized carbons (Fsp3) is 0.571. The minimum Gasteiger partial charge on any atom is -0.495 e. The first kappa shape index (κ1) is 29.6. The summed E-state index contributed by atoms with van der Waals surface area (Å²) >= 11 is 0. The van der Waals surface area contributed by atoms with Gasteiger partial charge in [0.25, 0.3) is 5.91 Å². The second kappa shape index (κ2) is 12.8. The fourth-order valence-electron chi connectivity index (χ4n) is 5.63. The molecule has 2 aromatic rings. The molecule has 1 aromatic heterocycles. The number of amides is 2. The third-order valence-electron chi connectivity index (χ3n) is 7.60. The SMILES string of the molecule is COc1cc(C(=O)NC2CCCN(C)C2)ccc1Nc1ncc(C(F)(F)F)c(C[C@H]2CCCC[C@@H]2NC(C)=O)n1. The zero-order valence-electron chi connectivity index (χ0n) is 23.1. The summed E-state index contributed by atoms with van der Waals surface area (Å²) in [6, 6.07) is 4.68. The van der Waals surface area contributed by atoms with Crippen LogP contribution in [0.15, 0.2) is 24.4 Å². The van der Waals surface area contributed by atoms with Gasteiger partial charge in [-0.3, -0.25) is 9.59 Å². The number of alkyl halides is 3. The van der Waals surface area contributed by atoms with E-state index in [1.807, 2.05) is 7.05 Å². The average molecular weight is 563 g/mol. The number of aromatic nitrogens is 2. The van der Waals surface area contributed by atoms with Crippen molar-refractivity contribution < 1.29 is 27.5 Å². The van der Waals surface area contributed by atoms with Crippen LogP contribution in [0.2, 0.25) is 0 Å². The Labute approximate surface area is 232 Å². The molecule has 9 nitrogen and oxygen atoms in total. The number of halogens is 3. The number of likely N-dealkylation sites (N-methyl/N-ethyl adjacent to an activating group) is 1. The third-order valence-corrected chi connectivity index (χ3v) is 7.60. The minimum absolute atomic E-state index is 0.0179. The van der Waals surface area contributed by atoms with Crippen LogP contribution in [-0.4, -0.2) is 66.0 Å². The topological polar surface area (TPSA) is 108 Å². The van der Waals surface area contributed by atoms with Crippen molar-refractivity contribution >= 4 is 23.5 Å². The van der Waals surface area contributed by atoms with Crippen LogP contribution in [-0.2, 0) is 17.4 Å². The van der Waals surface area contributed by atoms with E-state index >= 15 is 0 Å². The molecule has 0 bridgehead atoms. The molecular weight excluding hydrogens is 525 g/mol. The third kappa shape index (κ3) is 7.61. The number of methoxy groups -OCH3 is 1. The number of likely N-dealkylation sites (tertiary alicyclic amines) is 1. The quantitative estimate of drug-likeness (QED) is 0.440. The number of nitrogens with zero attached hydrogens (tertiary/aromatic N) is 3. The van der Waals surface area contributed by atoms with Gasteiger partial charge in [-0.25, -0.2) is 9.97 Å². The van der Waals surface area contributed by atoms with E-state index in [2.05, 4.69) is 30.8 Å². The number of ether oxygens (including phenoxy) is 1. The number of carbonyl (C=O) groups is 2. The zero-order chi connectivity index (χ0) is 28.9. The molecule has 2 amide bonds. The maximum atomic E-state index is 13.9. The Hall–Kier alpha value is -3.41. The highest BCUT2D eigenvalue weighted by molar-refractivity contribution is 5.95. The summed E-state index contributed by atoms with van der Waals surface area (Å²) in [5.41, 5.74) is -0.195. The van der Waals surface area contributed by atoms with Gasteiger partial charge in [0.05, 0.1) is 24.1 Å². The van der Waals surface area contributed by atoms with Gasteiger partial charge < -0.3 is 25.6 Å². The summed E-state index contributed by atoms with van der Waals surface area (Å²) in [4.78, 5) is 34.9. The molecule has 1 aliphatic carbocycles. The van der Waals surface area contributed by atoms with Gasteiger partial charge >= 0.3 is 6.18 Å². The van der Waals surface area contributed by atoms with Crippen molar-refractivity contribution in [3.05, 3.63) is 41.2 Å². The standard InChI is InChI=1S/C28H37F3N6O3/c1-17(38)33-22-9-5-4-7-18(22)13-24-21(28(29,30)31)15-32-27(36-24)35-23-11-10-19(14-25(23)40-3)26(39)34-20-8-6-12-37(2)16-20/h10-11,14-15,18,20,22H,4-9,12-13,16H2,1-3H3,(H,33,38)(H,34,39)(H,32,35,36)/t18-,20?,22+/m1/s1. The molecule has 12 heteroatoms. The van der Waals surface area contributed by atoms with Gasteiger partial charge in [-0.1, -0.05) is 12.8 Å². The van der Waals surface area contributed by atoms with Crippen molar-refractivity contribution in [2.75, 3.05) is 32.6 Å². The van der Waals surface area contributed by atoms with Gasteiger partial charge in [0.2, 0.25) is 11.9 Å². The van der Waals surface area contributed by atoms with Gasteiger partial charge in [0, 0.05) is 37.3 Å². The first-order chi connectivity index (χ1) is 19.0.